The number of hydrogen-bond acceptors (Lipinski definition) is 2. The molecule has 0 saturated heterocycles. The van der Waals surface area contributed by atoms with Gasteiger partial charge in [0.15, 0.2) is 5.96 Å². The molecule has 2 saturated carbocycles. The van der Waals surface area contributed by atoms with Crippen LogP contribution in [-0.4, -0.2) is 49.1 Å². The fourth-order valence-corrected chi connectivity index (χ4v) is 2.07. The molecule has 98 valence electrons. The minimum Gasteiger partial charge on any atom is -0.357 e. The number of rotatable bonds is 7. The Hall–Kier alpha value is -0.770. The Bertz CT molecular complexity index is 256. The molecule has 0 aromatic rings. The van der Waals surface area contributed by atoms with Crippen molar-refractivity contribution in [3.63, 3.8) is 0 Å². The second-order valence-corrected chi connectivity index (χ2v) is 5.04. The predicted molar refractivity (Wildman–Crippen MR) is 72.4 cm³/mol. The average molecular weight is 238 g/mol. The lowest BCUT2D eigenvalue weighted by molar-refractivity contribution is 0.286. The van der Waals surface area contributed by atoms with Crippen LogP contribution in [0, 0.1) is 0 Å². The van der Waals surface area contributed by atoms with Crippen LogP contribution in [0.15, 0.2) is 4.99 Å². The number of guanidine groups is 1. The van der Waals surface area contributed by atoms with Gasteiger partial charge in [0.2, 0.25) is 0 Å². The van der Waals surface area contributed by atoms with Crippen LogP contribution in [-0.2, 0) is 0 Å². The van der Waals surface area contributed by atoms with Crippen LogP contribution >= 0.6 is 0 Å². The van der Waals surface area contributed by atoms with E-state index in [4.69, 9.17) is 0 Å². The van der Waals surface area contributed by atoms with E-state index in [1.165, 1.54) is 25.7 Å². The fraction of sp³-hybridized carbons (Fsp3) is 0.923. The molecule has 2 aliphatic rings. The monoisotopic (exact) mass is 238 g/mol. The molecule has 17 heavy (non-hydrogen) atoms. The minimum atomic E-state index is 0.679. The molecule has 0 atom stereocenters. The maximum atomic E-state index is 4.64. The van der Waals surface area contributed by atoms with Crippen LogP contribution in [0.25, 0.3) is 0 Å². The first-order valence-electron chi connectivity index (χ1n) is 7.12. The molecule has 0 amide bonds. The van der Waals surface area contributed by atoms with Crippen LogP contribution in [0.5, 0.6) is 0 Å². The van der Waals surface area contributed by atoms with Crippen LogP contribution in [0.3, 0.4) is 0 Å². The maximum absolute atomic E-state index is 4.64. The first kappa shape index (κ1) is 12.7. The Kier molecular flexibility index (Phi) is 4.66. The smallest absolute Gasteiger partial charge is 0.191 e. The number of nitrogens with zero attached hydrogens (tertiary/aromatic N) is 2. The molecule has 4 nitrogen and oxygen atoms in total. The standard InChI is InChI=1S/C13H26N4/c1-3-14-13(16-11-5-6-11)15-9-10-17(4-2)12-7-8-12/h11-12H,3-10H2,1-2H3,(H2,14,15,16). The average Bonchev–Trinajstić information content (AvgIpc) is 3.16. The van der Waals surface area contributed by atoms with Gasteiger partial charge >= 0.3 is 0 Å². The van der Waals surface area contributed by atoms with Crippen LogP contribution in [0.1, 0.15) is 39.5 Å². The van der Waals surface area contributed by atoms with Gasteiger partial charge in [0.1, 0.15) is 0 Å². The van der Waals surface area contributed by atoms with E-state index in [2.05, 4.69) is 34.4 Å². The third-order valence-corrected chi connectivity index (χ3v) is 3.39. The van der Waals surface area contributed by atoms with Gasteiger partial charge in [-0.15, -0.1) is 0 Å². The summed E-state index contributed by atoms with van der Waals surface area (Å²) in [6, 6.07) is 1.53. The highest BCUT2D eigenvalue weighted by molar-refractivity contribution is 5.80. The Balaban J connectivity index is 1.70. The molecule has 2 N–H and O–H groups in total. The third-order valence-electron chi connectivity index (χ3n) is 3.39. The molecular weight excluding hydrogens is 212 g/mol. The van der Waals surface area contributed by atoms with Crippen molar-refractivity contribution in [2.24, 2.45) is 4.99 Å². The molecular formula is C13H26N4. The quantitative estimate of drug-likeness (QED) is 0.517. The van der Waals surface area contributed by atoms with E-state index >= 15 is 0 Å². The lowest BCUT2D eigenvalue weighted by atomic mass is 10.4. The summed E-state index contributed by atoms with van der Waals surface area (Å²) in [4.78, 5) is 7.19. The zero-order chi connectivity index (χ0) is 12.1. The molecule has 2 aliphatic carbocycles. The second kappa shape index (κ2) is 6.24. The Labute approximate surface area is 105 Å². The third kappa shape index (κ3) is 4.54. The summed E-state index contributed by atoms with van der Waals surface area (Å²) in [5, 5.41) is 6.76. The molecule has 0 radical (unpaired) electrons. The Morgan fingerprint density at radius 1 is 1.24 bits per heavy atom. The van der Waals surface area contributed by atoms with E-state index in [0.717, 1.165) is 38.2 Å². The molecule has 0 spiro atoms. The summed E-state index contributed by atoms with van der Waals surface area (Å²) in [5.41, 5.74) is 0. The minimum absolute atomic E-state index is 0.679. The van der Waals surface area contributed by atoms with Gasteiger partial charge < -0.3 is 10.6 Å². The van der Waals surface area contributed by atoms with Crippen molar-refractivity contribution < 1.29 is 0 Å². The predicted octanol–water partition coefficient (Wildman–Crippen LogP) is 1.19. The summed E-state index contributed by atoms with van der Waals surface area (Å²) in [5.74, 6) is 1.00. The van der Waals surface area contributed by atoms with Gasteiger partial charge in [0, 0.05) is 25.2 Å². The van der Waals surface area contributed by atoms with Crippen molar-refractivity contribution in [1.82, 2.24) is 15.5 Å². The van der Waals surface area contributed by atoms with Gasteiger partial charge in [-0.25, -0.2) is 0 Å². The van der Waals surface area contributed by atoms with Crippen molar-refractivity contribution in [3.8, 4) is 0 Å². The molecule has 2 rings (SSSR count). The van der Waals surface area contributed by atoms with Gasteiger partial charge in [-0.3, -0.25) is 9.89 Å². The first-order valence-corrected chi connectivity index (χ1v) is 7.12. The van der Waals surface area contributed by atoms with Crippen LogP contribution < -0.4 is 10.6 Å². The number of likely N-dealkylation sites (N-methyl/N-ethyl adjacent to an activating group) is 1. The topological polar surface area (TPSA) is 39.7 Å². The summed E-state index contributed by atoms with van der Waals surface area (Å²) < 4.78 is 0. The van der Waals surface area contributed by atoms with E-state index in [1.807, 2.05) is 0 Å². The highest BCUT2D eigenvalue weighted by Crippen LogP contribution is 2.25. The van der Waals surface area contributed by atoms with Crippen molar-refractivity contribution in [2.45, 2.75) is 51.6 Å². The lowest BCUT2D eigenvalue weighted by Crippen LogP contribution is -2.39. The first-order chi connectivity index (χ1) is 8.33. The summed E-state index contributed by atoms with van der Waals surface area (Å²) in [6.07, 6.45) is 5.37. The molecule has 0 bridgehead atoms. The van der Waals surface area contributed by atoms with E-state index in [0.29, 0.717) is 6.04 Å². The molecule has 2 fully saturated rings. The van der Waals surface area contributed by atoms with Crippen molar-refractivity contribution in [3.05, 3.63) is 0 Å². The van der Waals surface area contributed by atoms with Crippen molar-refractivity contribution in [2.75, 3.05) is 26.2 Å². The summed E-state index contributed by atoms with van der Waals surface area (Å²) >= 11 is 0. The lowest BCUT2D eigenvalue weighted by Gasteiger charge is -2.18. The molecule has 4 heteroatoms. The number of hydrogen-bond donors (Lipinski definition) is 2. The number of nitrogens with one attached hydrogen (secondary N) is 2. The zero-order valence-corrected chi connectivity index (χ0v) is 11.2. The highest BCUT2D eigenvalue weighted by Gasteiger charge is 2.27. The van der Waals surface area contributed by atoms with Crippen molar-refractivity contribution in [1.29, 1.82) is 0 Å². The molecule has 0 aromatic carbocycles. The van der Waals surface area contributed by atoms with E-state index in [1.54, 1.807) is 0 Å². The zero-order valence-electron chi connectivity index (χ0n) is 11.2. The molecule has 0 unspecified atom stereocenters. The normalized spacial score (nSPS) is 20.8. The van der Waals surface area contributed by atoms with Gasteiger partial charge in [-0.05, 0) is 39.2 Å². The van der Waals surface area contributed by atoms with Crippen LogP contribution in [0.2, 0.25) is 0 Å². The summed E-state index contributed by atoms with van der Waals surface area (Å²) in [7, 11) is 0. The SMILES string of the molecule is CCNC(=NCCN(CC)C1CC1)NC1CC1. The molecule has 0 aliphatic heterocycles. The largest absolute Gasteiger partial charge is 0.357 e. The van der Waals surface area contributed by atoms with Gasteiger partial charge in [-0.1, -0.05) is 6.92 Å². The van der Waals surface area contributed by atoms with E-state index in [-0.39, 0.29) is 0 Å². The Morgan fingerprint density at radius 2 is 2.00 bits per heavy atom. The highest BCUT2D eigenvalue weighted by atomic mass is 15.2. The molecule has 0 aromatic heterocycles. The Morgan fingerprint density at radius 3 is 2.53 bits per heavy atom. The van der Waals surface area contributed by atoms with Crippen molar-refractivity contribution >= 4 is 5.96 Å². The summed E-state index contributed by atoms with van der Waals surface area (Å²) in [6.45, 7) is 8.47. The molecule has 0 heterocycles. The number of aliphatic imine (C=N–C) groups is 1. The van der Waals surface area contributed by atoms with E-state index in [9.17, 15) is 0 Å². The van der Waals surface area contributed by atoms with E-state index < -0.39 is 0 Å². The second-order valence-electron chi connectivity index (χ2n) is 5.04. The van der Waals surface area contributed by atoms with Gasteiger partial charge in [0.05, 0.1) is 6.54 Å². The fourth-order valence-electron chi connectivity index (χ4n) is 2.07. The van der Waals surface area contributed by atoms with Gasteiger partial charge in [-0.2, -0.15) is 0 Å². The maximum Gasteiger partial charge on any atom is 0.191 e. The van der Waals surface area contributed by atoms with Crippen LogP contribution in [0.4, 0.5) is 0 Å². The van der Waals surface area contributed by atoms with Gasteiger partial charge in [0.25, 0.3) is 0 Å².